The molecule has 1 aliphatic rings. The van der Waals surface area contributed by atoms with E-state index in [0.717, 1.165) is 16.7 Å². The molecule has 0 radical (unpaired) electrons. The molecule has 1 heterocycles. The summed E-state index contributed by atoms with van der Waals surface area (Å²) in [6.45, 7) is 0. The summed E-state index contributed by atoms with van der Waals surface area (Å²) in [5.41, 5.74) is 2.81. The molecule has 0 saturated carbocycles. The zero-order valence-corrected chi connectivity index (χ0v) is 15.6. The summed E-state index contributed by atoms with van der Waals surface area (Å²) in [4.78, 5) is 4.51. The highest BCUT2D eigenvalue weighted by Gasteiger charge is 2.31. The minimum atomic E-state index is -4.73. The highest BCUT2D eigenvalue weighted by molar-refractivity contribution is 6.02. The molecule has 0 aliphatic carbocycles. The topological polar surface area (TPSA) is 21.6 Å². The Balaban J connectivity index is 1.51. The number of ether oxygens (including phenoxy) is 1. The first kappa shape index (κ1) is 20.1. The fourth-order valence-corrected chi connectivity index (χ4v) is 3.54. The van der Waals surface area contributed by atoms with Gasteiger partial charge in [-0.3, -0.25) is 4.99 Å². The number of halogens is 5. The largest absolute Gasteiger partial charge is 0.573 e. The minimum Gasteiger partial charge on any atom is -0.406 e. The van der Waals surface area contributed by atoms with E-state index in [-0.39, 0.29) is 17.4 Å². The van der Waals surface area contributed by atoms with Crippen molar-refractivity contribution >= 4 is 5.71 Å². The highest BCUT2D eigenvalue weighted by atomic mass is 19.4. The third kappa shape index (κ3) is 4.35. The molecule has 0 aromatic heterocycles. The van der Waals surface area contributed by atoms with E-state index in [4.69, 9.17) is 0 Å². The van der Waals surface area contributed by atoms with Crippen molar-refractivity contribution in [2.24, 2.45) is 4.99 Å². The van der Waals surface area contributed by atoms with E-state index in [1.165, 1.54) is 30.3 Å². The number of nitrogens with zero attached hydrogens (tertiary/aromatic N) is 1. The van der Waals surface area contributed by atoms with Crippen molar-refractivity contribution in [3.8, 4) is 16.9 Å². The van der Waals surface area contributed by atoms with Crippen LogP contribution in [0.25, 0.3) is 11.1 Å². The molecule has 3 aromatic carbocycles. The third-order valence-corrected chi connectivity index (χ3v) is 4.93. The van der Waals surface area contributed by atoms with Gasteiger partial charge in [0.05, 0.1) is 11.6 Å². The number of benzene rings is 3. The van der Waals surface area contributed by atoms with Gasteiger partial charge in [-0.2, -0.15) is 0 Å². The van der Waals surface area contributed by atoms with Gasteiger partial charge in [-0.05, 0) is 53.8 Å². The molecule has 0 fully saturated rings. The van der Waals surface area contributed by atoms with Crippen LogP contribution in [-0.4, -0.2) is 12.1 Å². The number of aliphatic imine (C=N–C) groups is 1. The van der Waals surface area contributed by atoms with Gasteiger partial charge in [0.25, 0.3) is 0 Å². The van der Waals surface area contributed by atoms with Crippen LogP contribution >= 0.6 is 0 Å². The van der Waals surface area contributed by atoms with Crippen LogP contribution in [0.2, 0.25) is 0 Å². The van der Waals surface area contributed by atoms with Crippen LogP contribution in [0.4, 0.5) is 22.0 Å². The quantitative estimate of drug-likeness (QED) is 0.425. The lowest BCUT2D eigenvalue weighted by atomic mass is 9.99. The SMILES string of the molecule is Fc1cccc(F)c1C1=NC(c2ccc(-c3ccc(OC(F)(F)F)cc3)cc2)CC1. The first-order valence-electron chi connectivity index (χ1n) is 9.27. The molecule has 7 heteroatoms. The molecular weight excluding hydrogens is 401 g/mol. The molecule has 1 atom stereocenters. The van der Waals surface area contributed by atoms with Gasteiger partial charge >= 0.3 is 6.36 Å². The van der Waals surface area contributed by atoms with Crippen LogP contribution < -0.4 is 4.74 Å². The normalized spacial score (nSPS) is 16.4. The van der Waals surface area contributed by atoms with Crippen molar-refractivity contribution in [2.75, 3.05) is 0 Å². The highest BCUT2D eigenvalue weighted by Crippen LogP contribution is 2.34. The molecule has 0 spiro atoms. The number of hydrogen-bond acceptors (Lipinski definition) is 2. The van der Waals surface area contributed by atoms with Gasteiger partial charge in [-0.1, -0.05) is 42.5 Å². The second kappa shape index (κ2) is 7.89. The van der Waals surface area contributed by atoms with Gasteiger partial charge < -0.3 is 4.74 Å². The van der Waals surface area contributed by atoms with Gasteiger partial charge in [-0.15, -0.1) is 13.2 Å². The number of hydrogen-bond donors (Lipinski definition) is 0. The molecule has 30 heavy (non-hydrogen) atoms. The molecule has 3 aromatic rings. The van der Waals surface area contributed by atoms with Crippen LogP contribution in [0, 0.1) is 11.6 Å². The van der Waals surface area contributed by atoms with Gasteiger partial charge in [0.1, 0.15) is 17.4 Å². The van der Waals surface area contributed by atoms with Crippen LogP contribution in [0.5, 0.6) is 5.75 Å². The summed E-state index contributed by atoms with van der Waals surface area (Å²) >= 11 is 0. The van der Waals surface area contributed by atoms with Crippen molar-refractivity contribution in [3.63, 3.8) is 0 Å². The summed E-state index contributed by atoms with van der Waals surface area (Å²) in [5.74, 6) is -1.53. The summed E-state index contributed by atoms with van der Waals surface area (Å²) in [5, 5.41) is 0. The fourth-order valence-electron chi connectivity index (χ4n) is 3.54. The van der Waals surface area contributed by atoms with Crippen LogP contribution in [-0.2, 0) is 0 Å². The summed E-state index contributed by atoms with van der Waals surface area (Å²) < 4.78 is 68.7. The molecule has 1 aliphatic heterocycles. The van der Waals surface area contributed by atoms with Crippen molar-refractivity contribution < 1.29 is 26.7 Å². The summed E-state index contributed by atoms with van der Waals surface area (Å²) in [6, 6.07) is 16.6. The molecule has 0 amide bonds. The van der Waals surface area contributed by atoms with Crippen LogP contribution in [0.3, 0.4) is 0 Å². The standard InChI is InChI=1S/C23H16F5NO/c24-18-2-1-3-19(25)22(18)21-13-12-20(29-21)16-6-4-14(5-7-16)15-8-10-17(11-9-15)30-23(26,27)28/h1-11,20H,12-13H2. The monoisotopic (exact) mass is 417 g/mol. The molecular formula is C23H16F5NO. The van der Waals surface area contributed by atoms with Gasteiger partial charge in [0, 0.05) is 5.71 Å². The van der Waals surface area contributed by atoms with Gasteiger partial charge in [-0.25, -0.2) is 8.78 Å². The number of alkyl halides is 3. The predicted octanol–water partition coefficient (Wildman–Crippen LogP) is 6.85. The van der Waals surface area contributed by atoms with E-state index in [1.54, 1.807) is 12.1 Å². The molecule has 154 valence electrons. The third-order valence-electron chi connectivity index (χ3n) is 4.93. The first-order valence-corrected chi connectivity index (χ1v) is 9.27. The maximum atomic E-state index is 14.0. The number of rotatable bonds is 4. The Morgan fingerprint density at radius 1 is 0.800 bits per heavy atom. The lowest BCUT2D eigenvalue weighted by molar-refractivity contribution is -0.274. The molecule has 0 bridgehead atoms. The van der Waals surface area contributed by atoms with Crippen molar-refractivity contribution in [1.29, 1.82) is 0 Å². The van der Waals surface area contributed by atoms with E-state index >= 15 is 0 Å². The lowest BCUT2D eigenvalue weighted by Crippen LogP contribution is -2.16. The van der Waals surface area contributed by atoms with Gasteiger partial charge in [0.15, 0.2) is 0 Å². The average Bonchev–Trinajstić information content (AvgIpc) is 3.17. The Morgan fingerprint density at radius 2 is 1.37 bits per heavy atom. The maximum absolute atomic E-state index is 14.0. The predicted molar refractivity (Wildman–Crippen MR) is 103 cm³/mol. The lowest BCUT2D eigenvalue weighted by Gasteiger charge is -2.10. The van der Waals surface area contributed by atoms with E-state index < -0.39 is 18.0 Å². The fraction of sp³-hybridized carbons (Fsp3) is 0.174. The molecule has 0 saturated heterocycles. The van der Waals surface area contributed by atoms with E-state index in [2.05, 4.69) is 9.73 Å². The smallest absolute Gasteiger partial charge is 0.406 e. The second-order valence-electron chi connectivity index (χ2n) is 6.92. The summed E-state index contributed by atoms with van der Waals surface area (Å²) in [7, 11) is 0. The summed E-state index contributed by atoms with van der Waals surface area (Å²) in [6.07, 6.45) is -3.60. The molecule has 2 nitrogen and oxygen atoms in total. The zero-order valence-electron chi connectivity index (χ0n) is 15.6. The molecule has 4 rings (SSSR count). The Kier molecular flexibility index (Phi) is 5.28. The van der Waals surface area contributed by atoms with Crippen LogP contribution in [0.15, 0.2) is 71.7 Å². The zero-order chi connectivity index (χ0) is 21.3. The molecule has 0 N–H and O–H groups in total. The first-order chi connectivity index (χ1) is 14.3. The Hall–Kier alpha value is -3.22. The Bertz CT molecular complexity index is 1050. The van der Waals surface area contributed by atoms with E-state index in [1.807, 2.05) is 24.3 Å². The van der Waals surface area contributed by atoms with E-state index in [9.17, 15) is 22.0 Å². The van der Waals surface area contributed by atoms with Crippen LogP contribution in [0.1, 0.15) is 30.0 Å². The van der Waals surface area contributed by atoms with Crippen molar-refractivity contribution in [1.82, 2.24) is 0 Å². The van der Waals surface area contributed by atoms with E-state index in [0.29, 0.717) is 18.6 Å². The maximum Gasteiger partial charge on any atom is 0.573 e. The Morgan fingerprint density at radius 3 is 1.93 bits per heavy atom. The average molecular weight is 417 g/mol. The van der Waals surface area contributed by atoms with Gasteiger partial charge in [0.2, 0.25) is 0 Å². The Labute approximate surface area is 169 Å². The minimum absolute atomic E-state index is 0.0715. The molecule has 1 unspecified atom stereocenters. The van der Waals surface area contributed by atoms with Crippen molar-refractivity contribution in [2.45, 2.75) is 25.2 Å². The van der Waals surface area contributed by atoms with Crippen molar-refractivity contribution in [3.05, 3.63) is 89.5 Å². The second-order valence-corrected chi connectivity index (χ2v) is 6.92.